The van der Waals surface area contributed by atoms with Crippen molar-refractivity contribution in [3.05, 3.63) is 10.6 Å². The third-order valence-corrected chi connectivity index (χ3v) is 2.63. The standard InChI is InChI=1S/C8H15N3S/c1-5(9)4-10-8-11-6(2)7(3)12-8/h5H,4,9H2,1-3H3,(H,10,11). The molecule has 1 aromatic rings. The summed E-state index contributed by atoms with van der Waals surface area (Å²) in [6.45, 7) is 6.85. The summed E-state index contributed by atoms with van der Waals surface area (Å²) < 4.78 is 0. The lowest BCUT2D eigenvalue weighted by Gasteiger charge is -2.04. The minimum atomic E-state index is 0.175. The van der Waals surface area contributed by atoms with Gasteiger partial charge in [-0.2, -0.15) is 0 Å². The molecule has 0 aliphatic rings. The SMILES string of the molecule is Cc1nc(NCC(C)N)sc1C. The van der Waals surface area contributed by atoms with E-state index >= 15 is 0 Å². The summed E-state index contributed by atoms with van der Waals surface area (Å²) in [5, 5.41) is 4.16. The molecule has 12 heavy (non-hydrogen) atoms. The molecule has 0 amide bonds. The summed E-state index contributed by atoms with van der Waals surface area (Å²) in [6.07, 6.45) is 0. The third-order valence-electron chi connectivity index (χ3n) is 1.60. The van der Waals surface area contributed by atoms with Gasteiger partial charge in [-0.15, -0.1) is 11.3 Å². The van der Waals surface area contributed by atoms with E-state index in [1.165, 1.54) is 4.88 Å². The number of nitrogens with zero attached hydrogens (tertiary/aromatic N) is 1. The molecule has 1 aromatic heterocycles. The molecule has 0 fully saturated rings. The first-order valence-electron chi connectivity index (χ1n) is 4.03. The molecule has 1 heterocycles. The fourth-order valence-electron chi connectivity index (χ4n) is 0.797. The second-order valence-electron chi connectivity index (χ2n) is 3.02. The molecule has 3 N–H and O–H groups in total. The van der Waals surface area contributed by atoms with Gasteiger partial charge in [0.05, 0.1) is 5.69 Å². The number of aromatic nitrogens is 1. The van der Waals surface area contributed by atoms with Gasteiger partial charge in [0.15, 0.2) is 5.13 Å². The predicted octanol–water partition coefficient (Wildman–Crippen LogP) is 1.52. The zero-order chi connectivity index (χ0) is 9.14. The lowest BCUT2D eigenvalue weighted by molar-refractivity contribution is 0.779. The molecule has 0 radical (unpaired) electrons. The van der Waals surface area contributed by atoms with Crippen LogP contribution in [0.2, 0.25) is 0 Å². The van der Waals surface area contributed by atoms with Crippen LogP contribution in [-0.4, -0.2) is 17.6 Å². The normalized spacial score (nSPS) is 13.0. The van der Waals surface area contributed by atoms with Crippen molar-refractivity contribution >= 4 is 16.5 Å². The van der Waals surface area contributed by atoms with E-state index < -0.39 is 0 Å². The number of hydrogen-bond donors (Lipinski definition) is 2. The molecule has 0 aliphatic heterocycles. The Kier molecular flexibility index (Phi) is 3.05. The zero-order valence-electron chi connectivity index (χ0n) is 7.72. The van der Waals surface area contributed by atoms with Gasteiger partial charge in [0.25, 0.3) is 0 Å². The van der Waals surface area contributed by atoms with Crippen LogP contribution in [0.25, 0.3) is 0 Å². The minimum Gasteiger partial charge on any atom is -0.360 e. The van der Waals surface area contributed by atoms with Crippen LogP contribution in [0.1, 0.15) is 17.5 Å². The summed E-state index contributed by atoms with van der Waals surface area (Å²) in [6, 6.07) is 0.175. The van der Waals surface area contributed by atoms with Gasteiger partial charge in [-0.25, -0.2) is 4.98 Å². The summed E-state index contributed by atoms with van der Waals surface area (Å²) >= 11 is 1.68. The van der Waals surface area contributed by atoms with Gasteiger partial charge in [0, 0.05) is 17.5 Å². The predicted molar refractivity (Wildman–Crippen MR) is 53.7 cm³/mol. The first kappa shape index (κ1) is 9.48. The number of aryl methyl sites for hydroxylation is 2. The van der Waals surface area contributed by atoms with E-state index in [2.05, 4.69) is 17.2 Å². The maximum atomic E-state index is 5.60. The lowest BCUT2D eigenvalue weighted by Crippen LogP contribution is -2.25. The summed E-state index contributed by atoms with van der Waals surface area (Å²) in [4.78, 5) is 5.60. The Morgan fingerprint density at radius 1 is 1.58 bits per heavy atom. The number of nitrogens with one attached hydrogen (secondary N) is 1. The molecule has 3 nitrogen and oxygen atoms in total. The van der Waals surface area contributed by atoms with Crippen molar-refractivity contribution < 1.29 is 0 Å². The maximum absolute atomic E-state index is 5.60. The van der Waals surface area contributed by atoms with Gasteiger partial charge in [-0.05, 0) is 20.8 Å². The molecular weight excluding hydrogens is 170 g/mol. The van der Waals surface area contributed by atoms with Gasteiger partial charge in [0.1, 0.15) is 0 Å². The van der Waals surface area contributed by atoms with E-state index in [4.69, 9.17) is 5.73 Å². The van der Waals surface area contributed by atoms with E-state index in [1.54, 1.807) is 11.3 Å². The highest BCUT2D eigenvalue weighted by Gasteiger charge is 2.02. The summed E-state index contributed by atoms with van der Waals surface area (Å²) in [5.74, 6) is 0. The Morgan fingerprint density at radius 3 is 2.67 bits per heavy atom. The second-order valence-corrected chi connectivity index (χ2v) is 4.22. The van der Waals surface area contributed by atoms with Gasteiger partial charge < -0.3 is 11.1 Å². The van der Waals surface area contributed by atoms with Gasteiger partial charge in [-0.3, -0.25) is 0 Å². The van der Waals surface area contributed by atoms with E-state index in [9.17, 15) is 0 Å². The van der Waals surface area contributed by atoms with E-state index in [1.807, 2.05) is 13.8 Å². The zero-order valence-corrected chi connectivity index (χ0v) is 8.53. The number of nitrogens with two attached hydrogens (primary N) is 1. The number of thiazole rings is 1. The molecule has 0 saturated carbocycles. The molecule has 1 atom stereocenters. The van der Waals surface area contributed by atoms with E-state index in [0.717, 1.165) is 17.4 Å². The van der Waals surface area contributed by atoms with Crippen LogP contribution in [0, 0.1) is 13.8 Å². The number of anilines is 1. The molecule has 1 unspecified atom stereocenters. The number of rotatable bonds is 3. The van der Waals surface area contributed by atoms with Crippen molar-refractivity contribution in [3.63, 3.8) is 0 Å². The van der Waals surface area contributed by atoms with Crippen molar-refractivity contribution in [1.29, 1.82) is 0 Å². The first-order chi connectivity index (χ1) is 5.59. The monoisotopic (exact) mass is 185 g/mol. The highest BCUT2D eigenvalue weighted by atomic mass is 32.1. The van der Waals surface area contributed by atoms with Crippen LogP contribution in [0.5, 0.6) is 0 Å². The smallest absolute Gasteiger partial charge is 0.183 e. The third kappa shape index (κ3) is 2.46. The Morgan fingerprint density at radius 2 is 2.25 bits per heavy atom. The Balaban J connectivity index is 2.53. The van der Waals surface area contributed by atoms with Crippen molar-refractivity contribution in [2.45, 2.75) is 26.8 Å². The van der Waals surface area contributed by atoms with Crippen LogP contribution in [0.4, 0.5) is 5.13 Å². The molecule has 0 aliphatic carbocycles. The van der Waals surface area contributed by atoms with Crippen LogP contribution in [-0.2, 0) is 0 Å². The number of hydrogen-bond acceptors (Lipinski definition) is 4. The first-order valence-corrected chi connectivity index (χ1v) is 4.84. The average Bonchev–Trinajstić information content (AvgIpc) is 2.28. The highest BCUT2D eigenvalue weighted by molar-refractivity contribution is 7.15. The molecular formula is C8H15N3S. The van der Waals surface area contributed by atoms with Gasteiger partial charge >= 0.3 is 0 Å². The van der Waals surface area contributed by atoms with Crippen molar-refractivity contribution in [1.82, 2.24) is 4.98 Å². The van der Waals surface area contributed by atoms with Crippen molar-refractivity contribution in [2.75, 3.05) is 11.9 Å². The molecule has 0 saturated heterocycles. The Hall–Kier alpha value is -0.610. The van der Waals surface area contributed by atoms with Crippen molar-refractivity contribution in [3.8, 4) is 0 Å². The van der Waals surface area contributed by atoms with Crippen LogP contribution < -0.4 is 11.1 Å². The quantitative estimate of drug-likeness (QED) is 0.750. The lowest BCUT2D eigenvalue weighted by atomic mass is 10.4. The van der Waals surface area contributed by atoms with Crippen LogP contribution >= 0.6 is 11.3 Å². The van der Waals surface area contributed by atoms with Crippen molar-refractivity contribution in [2.24, 2.45) is 5.73 Å². The molecule has 0 aromatic carbocycles. The second kappa shape index (κ2) is 3.87. The Bertz CT molecular complexity index is 235. The maximum Gasteiger partial charge on any atom is 0.183 e. The molecule has 0 bridgehead atoms. The summed E-state index contributed by atoms with van der Waals surface area (Å²) in [7, 11) is 0. The molecule has 1 rings (SSSR count). The largest absolute Gasteiger partial charge is 0.360 e. The van der Waals surface area contributed by atoms with E-state index in [0.29, 0.717) is 0 Å². The minimum absolute atomic E-state index is 0.175. The van der Waals surface area contributed by atoms with Gasteiger partial charge in [-0.1, -0.05) is 0 Å². The highest BCUT2D eigenvalue weighted by Crippen LogP contribution is 2.20. The topological polar surface area (TPSA) is 50.9 Å². The van der Waals surface area contributed by atoms with Crippen LogP contribution in [0.3, 0.4) is 0 Å². The molecule has 68 valence electrons. The van der Waals surface area contributed by atoms with Crippen LogP contribution in [0.15, 0.2) is 0 Å². The molecule has 4 heteroatoms. The Labute approximate surface area is 77.0 Å². The fraction of sp³-hybridized carbons (Fsp3) is 0.625. The fourth-order valence-corrected chi connectivity index (χ4v) is 1.62. The summed E-state index contributed by atoms with van der Waals surface area (Å²) in [5.41, 5.74) is 6.70. The average molecular weight is 185 g/mol. The molecule has 0 spiro atoms. The van der Waals surface area contributed by atoms with Gasteiger partial charge in [0.2, 0.25) is 0 Å². The van der Waals surface area contributed by atoms with E-state index in [-0.39, 0.29) is 6.04 Å².